The van der Waals surface area contributed by atoms with Crippen LogP contribution in [0.2, 0.25) is 0 Å². The maximum absolute atomic E-state index is 11.9. The van der Waals surface area contributed by atoms with Gasteiger partial charge in [0.2, 0.25) is 5.91 Å². The van der Waals surface area contributed by atoms with Crippen LogP contribution in [0.4, 0.5) is 13.2 Å². The molecule has 1 heterocycles. The molecule has 1 amide bonds. The van der Waals surface area contributed by atoms with Crippen molar-refractivity contribution in [1.82, 2.24) is 15.1 Å². The van der Waals surface area contributed by atoms with Gasteiger partial charge in [0.25, 0.3) is 0 Å². The molecule has 0 bridgehead atoms. The lowest BCUT2D eigenvalue weighted by Gasteiger charge is -2.08. The van der Waals surface area contributed by atoms with Gasteiger partial charge in [-0.1, -0.05) is 12.1 Å². The van der Waals surface area contributed by atoms with E-state index in [9.17, 15) is 18.0 Å². The van der Waals surface area contributed by atoms with Crippen LogP contribution in [-0.4, -0.2) is 41.6 Å². The van der Waals surface area contributed by atoms with Crippen LogP contribution in [0.3, 0.4) is 0 Å². The molecule has 0 radical (unpaired) electrons. The van der Waals surface area contributed by atoms with Crippen molar-refractivity contribution < 1.29 is 22.7 Å². The summed E-state index contributed by atoms with van der Waals surface area (Å²) in [5.41, 5.74) is 1.74. The number of carbonyl (C=O) groups is 1. The molecule has 0 atom stereocenters. The first-order valence-electron chi connectivity index (χ1n) is 7.44. The Hall–Kier alpha value is -2.35. The number of alkyl halides is 3. The molecule has 1 N–H and O–H groups in total. The van der Waals surface area contributed by atoms with Gasteiger partial charge < -0.3 is 10.1 Å². The number of hydrogen-bond donors (Lipinski definition) is 1. The van der Waals surface area contributed by atoms with E-state index >= 15 is 0 Å². The van der Waals surface area contributed by atoms with Crippen molar-refractivity contribution in [1.29, 1.82) is 0 Å². The summed E-state index contributed by atoms with van der Waals surface area (Å²) in [5, 5.41) is 6.77. The zero-order chi connectivity index (χ0) is 17.4. The average molecular weight is 341 g/mol. The van der Waals surface area contributed by atoms with Crippen molar-refractivity contribution in [2.45, 2.75) is 19.0 Å². The highest BCUT2D eigenvalue weighted by atomic mass is 19.4. The van der Waals surface area contributed by atoms with E-state index in [0.717, 1.165) is 11.3 Å². The summed E-state index contributed by atoms with van der Waals surface area (Å²) >= 11 is 0. The van der Waals surface area contributed by atoms with Crippen LogP contribution in [0, 0.1) is 0 Å². The van der Waals surface area contributed by atoms with Gasteiger partial charge in [0.15, 0.2) is 0 Å². The van der Waals surface area contributed by atoms with Crippen LogP contribution in [0.15, 0.2) is 42.7 Å². The van der Waals surface area contributed by atoms with Gasteiger partial charge >= 0.3 is 6.18 Å². The molecule has 0 saturated carbocycles. The smallest absolute Gasteiger partial charge is 0.372 e. The van der Waals surface area contributed by atoms with E-state index in [-0.39, 0.29) is 25.5 Å². The molecule has 0 fully saturated rings. The monoisotopic (exact) mass is 341 g/mol. The lowest BCUT2D eigenvalue weighted by atomic mass is 10.1. The van der Waals surface area contributed by atoms with E-state index in [0.29, 0.717) is 6.42 Å². The van der Waals surface area contributed by atoms with Gasteiger partial charge in [-0.15, -0.1) is 0 Å². The molecule has 5 nitrogen and oxygen atoms in total. The van der Waals surface area contributed by atoms with E-state index in [2.05, 4.69) is 15.2 Å². The number of nitrogens with one attached hydrogen (secondary N) is 1. The van der Waals surface area contributed by atoms with Gasteiger partial charge in [-0.2, -0.15) is 18.3 Å². The fourth-order valence-electron chi connectivity index (χ4n) is 2.03. The van der Waals surface area contributed by atoms with Crippen LogP contribution >= 0.6 is 0 Å². The number of halogens is 3. The minimum Gasteiger partial charge on any atom is -0.372 e. The topological polar surface area (TPSA) is 56.2 Å². The van der Waals surface area contributed by atoms with Crippen molar-refractivity contribution in [3.05, 3.63) is 48.3 Å². The van der Waals surface area contributed by atoms with E-state index in [1.807, 2.05) is 36.5 Å². The number of rotatable bonds is 8. The molecule has 2 aromatic rings. The lowest BCUT2D eigenvalue weighted by molar-refractivity contribution is -0.174. The first kappa shape index (κ1) is 18.0. The van der Waals surface area contributed by atoms with Crippen molar-refractivity contribution >= 4 is 5.91 Å². The molecule has 2 rings (SSSR count). The minimum atomic E-state index is -4.31. The van der Waals surface area contributed by atoms with Crippen molar-refractivity contribution in [3.63, 3.8) is 0 Å². The second-order valence-corrected chi connectivity index (χ2v) is 5.17. The number of hydrogen-bond acceptors (Lipinski definition) is 3. The van der Waals surface area contributed by atoms with Crippen molar-refractivity contribution in [2.24, 2.45) is 0 Å². The van der Waals surface area contributed by atoms with E-state index < -0.39 is 12.8 Å². The molecule has 0 aliphatic heterocycles. The lowest BCUT2D eigenvalue weighted by Crippen LogP contribution is -2.27. The first-order chi connectivity index (χ1) is 11.4. The maximum Gasteiger partial charge on any atom is 0.411 e. The maximum atomic E-state index is 11.9. The molecule has 0 spiro atoms. The molecular formula is C16H18F3N3O2. The Balaban J connectivity index is 1.65. The zero-order valence-corrected chi connectivity index (χ0v) is 12.9. The molecule has 0 unspecified atom stereocenters. The van der Waals surface area contributed by atoms with Gasteiger partial charge in [-0.3, -0.25) is 4.79 Å². The molecule has 24 heavy (non-hydrogen) atoms. The Morgan fingerprint density at radius 2 is 2.00 bits per heavy atom. The summed E-state index contributed by atoms with van der Waals surface area (Å²) in [7, 11) is 0. The van der Waals surface area contributed by atoms with Gasteiger partial charge in [0.1, 0.15) is 6.61 Å². The summed E-state index contributed by atoms with van der Waals surface area (Å²) in [4.78, 5) is 11.8. The van der Waals surface area contributed by atoms with Crippen molar-refractivity contribution in [3.8, 4) is 5.69 Å². The fourth-order valence-corrected chi connectivity index (χ4v) is 2.03. The predicted molar refractivity (Wildman–Crippen MR) is 81.8 cm³/mol. The zero-order valence-electron chi connectivity index (χ0n) is 12.9. The summed E-state index contributed by atoms with van der Waals surface area (Å²) in [6, 6.07) is 9.22. The van der Waals surface area contributed by atoms with Crippen LogP contribution in [0.1, 0.15) is 12.0 Å². The third-order valence-corrected chi connectivity index (χ3v) is 3.12. The van der Waals surface area contributed by atoms with Gasteiger partial charge in [0, 0.05) is 25.5 Å². The molecule has 8 heteroatoms. The molecule has 0 saturated heterocycles. The molecule has 1 aromatic heterocycles. The average Bonchev–Trinajstić information content (AvgIpc) is 3.05. The molecular weight excluding hydrogens is 323 g/mol. The van der Waals surface area contributed by atoms with Crippen LogP contribution in [-0.2, 0) is 16.0 Å². The molecule has 0 aliphatic carbocycles. The van der Waals surface area contributed by atoms with E-state index in [4.69, 9.17) is 0 Å². The number of aromatic nitrogens is 2. The van der Waals surface area contributed by atoms with E-state index in [1.54, 1.807) is 10.9 Å². The number of carbonyl (C=O) groups excluding carboxylic acids is 1. The van der Waals surface area contributed by atoms with E-state index in [1.165, 1.54) is 0 Å². The first-order valence-corrected chi connectivity index (χ1v) is 7.44. The Morgan fingerprint density at radius 1 is 1.25 bits per heavy atom. The Kier molecular flexibility index (Phi) is 6.36. The van der Waals surface area contributed by atoms with Crippen LogP contribution in [0.5, 0.6) is 0 Å². The number of nitrogens with zero attached hydrogens (tertiary/aromatic N) is 2. The summed E-state index contributed by atoms with van der Waals surface area (Å²) in [5.74, 6) is -0.183. The minimum absolute atomic E-state index is 0.0433. The number of ether oxygens (including phenoxy) is 1. The molecule has 130 valence electrons. The largest absolute Gasteiger partial charge is 0.411 e. The summed E-state index contributed by atoms with van der Waals surface area (Å²) in [6.07, 6.45) is -0.267. The quantitative estimate of drug-likeness (QED) is 0.751. The highest BCUT2D eigenvalue weighted by Crippen LogP contribution is 2.14. The standard InChI is InChI=1S/C16H18F3N3O2/c17-16(18,19)12-24-10-2-7-20-15(23)11-13-3-5-14(6-4-13)22-9-1-8-21-22/h1,3-6,8-9H,2,7,10-12H2,(H,20,23). The SMILES string of the molecule is O=C(Cc1ccc(-n2cccn2)cc1)NCCCOCC(F)(F)F. The third kappa shape index (κ3) is 6.41. The van der Waals surface area contributed by atoms with Crippen LogP contribution < -0.4 is 5.32 Å². The van der Waals surface area contributed by atoms with Gasteiger partial charge in [0.05, 0.1) is 12.1 Å². The predicted octanol–water partition coefficient (Wildman–Crippen LogP) is 2.50. The summed E-state index contributed by atoms with van der Waals surface area (Å²) in [6.45, 7) is -1.02. The molecule has 1 aromatic carbocycles. The van der Waals surface area contributed by atoms with Gasteiger partial charge in [-0.05, 0) is 30.2 Å². The fraction of sp³-hybridized carbons (Fsp3) is 0.375. The highest BCUT2D eigenvalue weighted by molar-refractivity contribution is 5.78. The normalized spacial score (nSPS) is 11.5. The van der Waals surface area contributed by atoms with Gasteiger partial charge in [-0.25, -0.2) is 4.68 Å². The Labute approximate surface area is 137 Å². The Bertz CT molecular complexity index is 625. The van der Waals surface area contributed by atoms with Crippen LogP contribution in [0.25, 0.3) is 5.69 Å². The highest BCUT2D eigenvalue weighted by Gasteiger charge is 2.27. The second-order valence-electron chi connectivity index (χ2n) is 5.17. The number of amides is 1. The second kappa shape index (κ2) is 8.49. The number of benzene rings is 1. The summed E-state index contributed by atoms with van der Waals surface area (Å²) < 4.78 is 41.7. The third-order valence-electron chi connectivity index (χ3n) is 3.12. The molecule has 0 aliphatic rings. The Morgan fingerprint density at radius 3 is 2.62 bits per heavy atom. The van der Waals surface area contributed by atoms with Crippen molar-refractivity contribution in [2.75, 3.05) is 19.8 Å².